The molecule has 27 heavy (non-hydrogen) atoms. The third-order valence-corrected chi connectivity index (χ3v) is 4.20. The van der Waals surface area contributed by atoms with Crippen molar-refractivity contribution in [1.82, 2.24) is 0 Å². The molecule has 0 aromatic heterocycles. The maximum absolute atomic E-state index is 12.1. The number of nitrogens with zero attached hydrogens (tertiary/aromatic N) is 2. The molecule has 0 saturated heterocycles. The molecule has 3 rings (SSSR count). The van der Waals surface area contributed by atoms with Gasteiger partial charge in [0.05, 0.1) is 6.61 Å². The van der Waals surface area contributed by atoms with Crippen LogP contribution in [0.5, 0.6) is 5.75 Å². The number of hydrogen-bond donors (Lipinski definition) is 0. The van der Waals surface area contributed by atoms with Crippen molar-refractivity contribution in [2.45, 2.75) is 19.8 Å². The van der Waals surface area contributed by atoms with Crippen LogP contribution in [0.25, 0.3) is 6.08 Å². The maximum atomic E-state index is 12.1. The zero-order chi connectivity index (χ0) is 19.2. The van der Waals surface area contributed by atoms with E-state index in [0.717, 1.165) is 35.4 Å². The summed E-state index contributed by atoms with van der Waals surface area (Å²) in [6.07, 6.45) is 3.85. The molecule has 5 heteroatoms. The molecule has 1 aliphatic rings. The molecule has 0 fully saturated rings. The Balaban J connectivity index is 1.73. The van der Waals surface area contributed by atoms with Crippen molar-refractivity contribution in [2.75, 3.05) is 25.6 Å². The van der Waals surface area contributed by atoms with Crippen LogP contribution in [-0.2, 0) is 9.53 Å². The standard InChI is InChI=1S/C22H24N2O3/c1-4-5-14-26-19-12-8-17(9-13-19)21-23-20(22(25)27-21)15-16-6-10-18(11-7-16)24(2)3/h6-13,15H,4-5,14H2,1-3H3. The number of anilines is 1. The molecule has 0 atom stereocenters. The quantitative estimate of drug-likeness (QED) is 0.418. The van der Waals surface area contributed by atoms with Gasteiger partial charge in [-0.1, -0.05) is 25.5 Å². The number of carbonyl (C=O) groups is 1. The molecule has 0 aliphatic carbocycles. The minimum absolute atomic E-state index is 0.297. The lowest BCUT2D eigenvalue weighted by Crippen LogP contribution is -2.08. The van der Waals surface area contributed by atoms with Crippen LogP contribution in [0, 0.1) is 0 Å². The van der Waals surface area contributed by atoms with Crippen LogP contribution in [0.15, 0.2) is 59.2 Å². The van der Waals surface area contributed by atoms with Crippen molar-refractivity contribution in [2.24, 2.45) is 4.99 Å². The van der Waals surface area contributed by atoms with Crippen LogP contribution in [0.3, 0.4) is 0 Å². The number of benzene rings is 2. The van der Waals surface area contributed by atoms with Gasteiger partial charge in [-0.2, -0.15) is 0 Å². The summed E-state index contributed by atoms with van der Waals surface area (Å²) < 4.78 is 11.0. The Hall–Kier alpha value is -3.08. The number of ether oxygens (including phenoxy) is 2. The summed E-state index contributed by atoms with van der Waals surface area (Å²) in [6, 6.07) is 15.3. The predicted octanol–water partition coefficient (Wildman–Crippen LogP) is 4.28. The summed E-state index contributed by atoms with van der Waals surface area (Å²) in [5.41, 5.74) is 3.04. The van der Waals surface area contributed by atoms with E-state index >= 15 is 0 Å². The number of carbonyl (C=O) groups excluding carboxylic acids is 1. The van der Waals surface area contributed by atoms with Gasteiger partial charge in [0, 0.05) is 25.3 Å². The average molecular weight is 364 g/mol. The van der Waals surface area contributed by atoms with E-state index in [-0.39, 0.29) is 0 Å². The van der Waals surface area contributed by atoms with E-state index in [4.69, 9.17) is 9.47 Å². The summed E-state index contributed by atoms with van der Waals surface area (Å²) >= 11 is 0. The number of cyclic esters (lactones) is 1. The van der Waals surface area contributed by atoms with E-state index in [1.165, 1.54) is 0 Å². The SMILES string of the molecule is CCCCOc1ccc(C2=NC(=Cc3ccc(N(C)C)cc3)C(=O)O2)cc1. The van der Waals surface area contributed by atoms with Crippen molar-refractivity contribution in [3.05, 3.63) is 65.4 Å². The molecule has 2 aromatic carbocycles. The molecule has 1 heterocycles. The van der Waals surface area contributed by atoms with Crippen LogP contribution in [0.1, 0.15) is 30.9 Å². The maximum Gasteiger partial charge on any atom is 0.363 e. The highest BCUT2D eigenvalue weighted by atomic mass is 16.6. The first-order valence-electron chi connectivity index (χ1n) is 9.10. The zero-order valence-corrected chi connectivity index (χ0v) is 15.9. The van der Waals surface area contributed by atoms with Gasteiger partial charge < -0.3 is 14.4 Å². The summed E-state index contributed by atoms with van der Waals surface area (Å²) in [5.74, 6) is 0.676. The zero-order valence-electron chi connectivity index (χ0n) is 15.9. The third kappa shape index (κ3) is 4.76. The van der Waals surface area contributed by atoms with Crippen LogP contribution < -0.4 is 9.64 Å². The Bertz CT molecular complexity index is 850. The molecule has 5 nitrogen and oxygen atoms in total. The fourth-order valence-corrected chi connectivity index (χ4v) is 2.59. The fourth-order valence-electron chi connectivity index (χ4n) is 2.59. The van der Waals surface area contributed by atoms with E-state index in [1.807, 2.05) is 67.5 Å². The molecule has 140 valence electrons. The van der Waals surface area contributed by atoms with Crippen molar-refractivity contribution < 1.29 is 14.3 Å². The van der Waals surface area contributed by atoms with Crippen molar-refractivity contribution >= 4 is 23.6 Å². The average Bonchev–Trinajstić information content (AvgIpc) is 3.03. The summed E-state index contributed by atoms with van der Waals surface area (Å²) in [4.78, 5) is 18.5. The highest BCUT2D eigenvalue weighted by Crippen LogP contribution is 2.22. The lowest BCUT2D eigenvalue weighted by molar-refractivity contribution is -0.129. The van der Waals surface area contributed by atoms with Crippen LogP contribution in [0.4, 0.5) is 5.69 Å². The Morgan fingerprint density at radius 1 is 1.07 bits per heavy atom. The highest BCUT2D eigenvalue weighted by Gasteiger charge is 2.24. The fraction of sp³-hybridized carbons (Fsp3) is 0.273. The summed E-state index contributed by atoms with van der Waals surface area (Å²) in [5, 5.41) is 0. The number of hydrogen-bond acceptors (Lipinski definition) is 5. The minimum Gasteiger partial charge on any atom is -0.494 e. The van der Waals surface area contributed by atoms with Crippen LogP contribution in [-0.4, -0.2) is 32.6 Å². The molecule has 0 spiro atoms. The van der Waals surface area contributed by atoms with Crippen LogP contribution in [0.2, 0.25) is 0 Å². The monoisotopic (exact) mass is 364 g/mol. The van der Waals surface area contributed by atoms with Crippen LogP contribution >= 0.6 is 0 Å². The second kappa shape index (κ2) is 8.54. The lowest BCUT2D eigenvalue weighted by atomic mass is 10.1. The first-order chi connectivity index (χ1) is 13.1. The first kappa shape index (κ1) is 18.7. The Morgan fingerprint density at radius 2 is 1.78 bits per heavy atom. The van der Waals surface area contributed by atoms with Gasteiger partial charge in [-0.05, 0) is 54.5 Å². The van der Waals surface area contributed by atoms with Gasteiger partial charge in [-0.3, -0.25) is 0 Å². The van der Waals surface area contributed by atoms with Gasteiger partial charge in [-0.15, -0.1) is 0 Å². The van der Waals surface area contributed by atoms with E-state index in [1.54, 1.807) is 6.08 Å². The number of rotatable bonds is 7. The lowest BCUT2D eigenvalue weighted by Gasteiger charge is -2.11. The molecule has 0 radical (unpaired) electrons. The number of aliphatic imine (C=N–C) groups is 1. The van der Waals surface area contributed by atoms with Crippen molar-refractivity contribution in [3.63, 3.8) is 0 Å². The normalized spacial score (nSPS) is 14.9. The van der Waals surface area contributed by atoms with E-state index in [2.05, 4.69) is 11.9 Å². The summed E-state index contributed by atoms with van der Waals surface area (Å²) in [7, 11) is 3.97. The molecule has 0 amide bonds. The Kier molecular flexibility index (Phi) is 5.91. The number of esters is 1. The molecular formula is C22H24N2O3. The molecule has 0 bridgehead atoms. The third-order valence-electron chi connectivity index (χ3n) is 4.20. The second-order valence-electron chi connectivity index (χ2n) is 6.55. The minimum atomic E-state index is -0.440. The van der Waals surface area contributed by atoms with E-state index < -0.39 is 5.97 Å². The molecule has 0 saturated carbocycles. The molecular weight excluding hydrogens is 340 g/mol. The molecule has 0 unspecified atom stereocenters. The largest absolute Gasteiger partial charge is 0.494 e. The highest BCUT2D eigenvalue weighted by molar-refractivity contribution is 6.12. The van der Waals surface area contributed by atoms with E-state index in [0.29, 0.717) is 18.2 Å². The van der Waals surface area contributed by atoms with Gasteiger partial charge in [-0.25, -0.2) is 9.79 Å². The number of unbranched alkanes of at least 4 members (excludes halogenated alkanes) is 1. The first-order valence-corrected chi connectivity index (χ1v) is 9.10. The van der Waals surface area contributed by atoms with Crippen molar-refractivity contribution in [3.8, 4) is 5.75 Å². The van der Waals surface area contributed by atoms with Gasteiger partial charge >= 0.3 is 5.97 Å². The van der Waals surface area contributed by atoms with E-state index in [9.17, 15) is 4.79 Å². The van der Waals surface area contributed by atoms with Crippen molar-refractivity contribution in [1.29, 1.82) is 0 Å². The molecule has 1 aliphatic heterocycles. The second-order valence-corrected chi connectivity index (χ2v) is 6.55. The molecule has 0 N–H and O–H groups in total. The van der Waals surface area contributed by atoms with Gasteiger partial charge in [0.25, 0.3) is 0 Å². The van der Waals surface area contributed by atoms with Gasteiger partial charge in [0.2, 0.25) is 5.90 Å². The molecule has 2 aromatic rings. The predicted molar refractivity (Wildman–Crippen MR) is 108 cm³/mol. The smallest absolute Gasteiger partial charge is 0.363 e. The van der Waals surface area contributed by atoms with Gasteiger partial charge in [0.1, 0.15) is 5.75 Å². The Morgan fingerprint density at radius 3 is 2.41 bits per heavy atom. The Labute approximate surface area is 159 Å². The van der Waals surface area contributed by atoms with Gasteiger partial charge in [0.15, 0.2) is 5.70 Å². The topological polar surface area (TPSA) is 51.1 Å². The summed E-state index contributed by atoms with van der Waals surface area (Å²) in [6.45, 7) is 2.83.